The summed E-state index contributed by atoms with van der Waals surface area (Å²) in [5.74, 6) is -0.227. The van der Waals surface area contributed by atoms with Crippen molar-refractivity contribution in [3.05, 3.63) is 57.8 Å². The van der Waals surface area contributed by atoms with E-state index in [0.717, 1.165) is 5.56 Å². The van der Waals surface area contributed by atoms with Crippen molar-refractivity contribution in [2.24, 2.45) is 0 Å². The average Bonchev–Trinajstić information content (AvgIpc) is 2.40. The van der Waals surface area contributed by atoms with Crippen molar-refractivity contribution in [3.63, 3.8) is 0 Å². The van der Waals surface area contributed by atoms with E-state index in [0.29, 0.717) is 6.54 Å². The Morgan fingerprint density at radius 1 is 1.16 bits per heavy atom. The van der Waals surface area contributed by atoms with Gasteiger partial charge in [-0.3, -0.25) is 4.79 Å². The lowest BCUT2D eigenvalue weighted by atomic mass is 10.2. The summed E-state index contributed by atoms with van der Waals surface area (Å²) in [6.45, 7) is 0.309. The third-order valence-corrected chi connectivity index (χ3v) is 2.93. The van der Waals surface area contributed by atoms with Crippen LogP contribution in [-0.4, -0.2) is 16.0 Å². The van der Waals surface area contributed by atoms with Gasteiger partial charge in [0.2, 0.25) is 0 Å². The predicted octanol–water partition coefficient (Wildman–Crippen LogP) is 3.02. The minimum Gasteiger partial charge on any atom is -0.508 e. The van der Waals surface area contributed by atoms with Crippen LogP contribution in [0.2, 0.25) is 10.2 Å². The van der Waals surface area contributed by atoms with E-state index in [1.807, 2.05) is 0 Å². The lowest BCUT2D eigenvalue weighted by molar-refractivity contribution is 0.0946. The van der Waals surface area contributed by atoms with Gasteiger partial charge in [0, 0.05) is 6.54 Å². The van der Waals surface area contributed by atoms with E-state index in [4.69, 9.17) is 28.3 Å². The van der Waals surface area contributed by atoms with Crippen LogP contribution in [0.5, 0.6) is 5.75 Å². The Hall–Kier alpha value is -1.78. The number of rotatable bonds is 3. The zero-order chi connectivity index (χ0) is 13.8. The van der Waals surface area contributed by atoms with Gasteiger partial charge in [0.25, 0.3) is 5.91 Å². The molecule has 0 unspecified atom stereocenters. The molecular formula is C13H10Cl2N2O2. The van der Waals surface area contributed by atoms with Crippen LogP contribution in [0.1, 0.15) is 16.1 Å². The normalized spacial score (nSPS) is 10.2. The number of nitrogens with one attached hydrogen (secondary N) is 1. The van der Waals surface area contributed by atoms with Crippen LogP contribution in [0.25, 0.3) is 0 Å². The number of hydrogen-bond donors (Lipinski definition) is 2. The number of pyridine rings is 1. The molecule has 0 saturated heterocycles. The van der Waals surface area contributed by atoms with Crippen LogP contribution in [0, 0.1) is 0 Å². The number of hydrogen-bond acceptors (Lipinski definition) is 3. The summed E-state index contributed by atoms with van der Waals surface area (Å²) in [6.07, 6.45) is 0. The van der Waals surface area contributed by atoms with Crippen LogP contribution < -0.4 is 5.32 Å². The van der Waals surface area contributed by atoms with Crippen LogP contribution in [-0.2, 0) is 6.54 Å². The Kier molecular flexibility index (Phi) is 4.24. The van der Waals surface area contributed by atoms with Crippen LogP contribution in [0.15, 0.2) is 36.4 Å². The Balaban J connectivity index is 2.05. The number of amides is 1. The molecule has 6 heteroatoms. The number of halogens is 2. The number of benzene rings is 1. The number of phenols is 1. The molecule has 0 bridgehead atoms. The lowest BCUT2D eigenvalue weighted by Gasteiger charge is -2.06. The average molecular weight is 297 g/mol. The monoisotopic (exact) mass is 296 g/mol. The first-order valence-corrected chi connectivity index (χ1v) is 6.20. The molecule has 19 heavy (non-hydrogen) atoms. The first-order chi connectivity index (χ1) is 9.06. The number of aromatic hydroxyl groups is 1. The second-order valence-electron chi connectivity index (χ2n) is 3.81. The third-order valence-electron chi connectivity index (χ3n) is 2.42. The van der Waals surface area contributed by atoms with Gasteiger partial charge in [-0.1, -0.05) is 35.3 Å². The smallest absolute Gasteiger partial charge is 0.271 e. The maximum atomic E-state index is 11.9. The fraction of sp³-hybridized carbons (Fsp3) is 0.0769. The first-order valence-electron chi connectivity index (χ1n) is 5.44. The Bertz CT molecular complexity index is 600. The van der Waals surface area contributed by atoms with E-state index < -0.39 is 5.91 Å². The van der Waals surface area contributed by atoms with Crippen molar-refractivity contribution in [2.75, 3.05) is 0 Å². The topological polar surface area (TPSA) is 62.2 Å². The zero-order valence-electron chi connectivity index (χ0n) is 9.73. The maximum absolute atomic E-state index is 11.9. The molecule has 1 heterocycles. The summed E-state index contributed by atoms with van der Waals surface area (Å²) in [6, 6.07) is 9.55. The van der Waals surface area contributed by atoms with E-state index >= 15 is 0 Å². The van der Waals surface area contributed by atoms with E-state index in [1.54, 1.807) is 24.3 Å². The molecule has 0 radical (unpaired) electrons. The molecular weight excluding hydrogens is 287 g/mol. The minimum absolute atomic E-state index is 0.0907. The molecule has 4 nitrogen and oxygen atoms in total. The number of carbonyl (C=O) groups excluding carboxylic acids is 1. The SMILES string of the molecule is O=C(NCc1ccc(O)cc1)c1nc(Cl)ccc1Cl. The number of carbonyl (C=O) groups is 1. The summed E-state index contributed by atoms with van der Waals surface area (Å²) in [7, 11) is 0. The largest absolute Gasteiger partial charge is 0.508 e. The van der Waals surface area contributed by atoms with E-state index in [1.165, 1.54) is 12.1 Å². The molecule has 98 valence electrons. The van der Waals surface area contributed by atoms with Gasteiger partial charge in [-0.25, -0.2) is 4.98 Å². The molecule has 2 rings (SSSR count). The van der Waals surface area contributed by atoms with Gasteiger partial charge in [-0.15, -0.1) is 0 Å². The van der Waals surface area contributed by atoms with Crippen molar-refractivity contribution < 1.29 is 9.90 Å². The molecule has 0 aliphatic carbocycles. The molecule has 2 aromatic rings. The van der Waals surface area contributed by atoms with Crippen LogP contribution in [0.4, 0.5) is 0 Å². The second-order valence-corrected chi connectivity index (χ2v) is 4.61. The summed E-state index contributed by atoms with van der Waals surface area (Å²) in [4.78, 5) is 15.8. The summed E-state index contributed by atoms with van der Waals surface area (Å²) >= 11 is 11.6. The second kappa shape index (κ2) is 5.91. The van der Waals surface area contributed by atoms with Gasteiger partial charge in [0.1, 0.15) is 16.6 Å². The molecule has 0 aliphatic rings. The highest BCUT2D eigenvalue weighted by Gasteiger charge is 2.12. The quantitative estimate of drug-likeness (QED) is 0.856. The van der Waals surface area contributed by atoms with E-state index in [-0.39, 0.29) is 21.6 Å². The van der Waals surface area contributed by atoms with Gasteiger partial charge in [0.15, 0.2) is 0 Å². The highest BCUT2D eigenvalue weighted by atomic mass is 35.5. The summed E-state index contributed by atoms with van der Waals surface area (Å²) in [5, 5.41) is 12.3. The fourth-order valence-corrected chi connectivity index (χ4v) is 1.80. The summed E-state index contributed by atoms with van der Waals surface area (Å²) < 4.78 is 0. The number of aromatic nitrogens is 1. The molecule has 1 amide bonds. The molecule has 0 saturated carbocycles. The standard InChI is InChI=1S/C13H10Cl2N2O2/c14-10-5-6-11(15)17-12(10)13(19)16-7-8-1-3-9(18)4-2-8/h1-6,18H,7H2,(H,16,19). The van der Waals surface area contributed by atoms with Crippen molar-refractivity contribution in [2.45, 2.75) is 6.54 Å². The van der Waals surface area contributed by atoms with Crippen molar-refractivity contribution >= 4 is 29.1 Å². The third kappa shape index (κ3) is 3.59. The molecule has 2 N–H and O–H groups in total. The highest BCUT2D eigenvalue weighted by molar-refractivity contribution is 6.34. The molecule has 0 atom stereocenters. The highest BCUT2D eigenvalue weighted by Crippen LogP contribution is 2.17. The predicted molar refractivity (Wildman–Crippen MR) is 73.5 cm³/mol. The Labute approximate surface area is 120 Å². The van der Waals surface area contributed by atoms with Crippen molar-refractivity contribution in [3.8, 4) is 5.75 Å². The van der Waals surface area contributed by atoms with E-state index in [2.05, 4.69) is 10.3 Å². The Morgan fingerprint density at radius 2 is 1.84 bits per heavy atom. The minimum atomic E-state index is -0.402. The summed E-state index contributed by atoms with van der Waals surface area (Å²) in [5.41, 5.74) is 0.942. The fourth-order valence-electron chi connectivity index (χ4n) is 1.46. The van der Waals surface area contributed by atoms with Crippen LogP contribution in [0.3, 0.4) is 0 Å². The zero-order valence-corrected chi connectivity index (χ0v) is 11.2. The molecule has 0 aliphatic heterocycles. The van der Waals surface area contributed by atoms with Crippen molar-refractivity contribution in [1.82, 2.24) is 10.3 Å². The van der Waals surface area contributed by atoms with Gasteiger partial charge in [-0.05, 0) is 29.8 Å². The van der Waals surface area contributed by atoms with Gasteiger partial charge >= 0.3 is 0 Å². The number of nitrogens with zero attached hydrogens (tertiary/aromatic N) is 1. The van der Waals surface area contributed by atoms with E-state index in [9.17, 15) is 4.79 Å². The van der Waals surface area contributed by atoms with Crippen LogP contribution >= 0.6 is 23.2 Å². The first kappa shape index (κ1) is 13.6. The molecule has 1 aromatic heterocycles. The van der Waals surface area contributed by atoms with Gasteiger partial charge in [-0.2, -0.15) is 0 Å². The van der Waals surface area contributed by atoms with Gasteiger partial charge < -0.3 is 10.4 Å². The van der Waals surface area contributed by atoms with Gasteiger partial charge in [0.05, 0.1) is 5.02 Å². The maximum Gasteiger partial charge on any atom is 0.271 e. The molecule has 0 spiro atoms. The lowest BCUT2D eigenvalue weighted by Crippen LogP contribution is -2.24. The molecule has 1 aromatic carbocycles. The Morgan fingerprint density at radius 3 is 2.53 bits per heavy atom. The number of phenolic OH excluding ortho intramolecular Hbond substituents is 1. The molecule has 0 fully saturated rings. The van der Waals surface area contributed by atoms with Crippen molar-refractivity contribution in [1.29, 1.82) is 0 Å².